The lowest BCUT2D eigenvalue weighted by molar-refractivity contribution is -0.0876. The summed E-state index contributed by atoms with van der Waals surface area (Å²) in [5, 5.41) is 11.0. The Bertz CT molecular complexity index is 491. The van der Waals surface area contributed by atoms with Gasteiger partial charge in [-0.15, -0.1) is 0 Å². The van der Waals surface area contributed by atoms with Gasteiger partial charge < -0.3 is 14.7 Å². The zero-order chi connectivity index (χ0) is 14.3. The van der Waals surface area contributed by atoms with E-state index in [0.717, 1.165) is 12.8 Å². The van der Waals surface area contributed by atoms with Gasteiger partial charge in [0, 0.05) is 12.1 Å². The van der Waals surface area contributed by atoms with Crippen LogP contribution in [0.3, 0.4) is 0 Å². The summed E-state index contributed by atoms with van der Waals surface area (Å²) < 4.78 is 18.8. The predicted octanol–water partition coefficient (Wildman–Crippen LogP) is 2.67. The lowest BCUT2D eigenvalue weighted by Gasteiger charge is -2.50. The Morgan fingerprint density at radius 1 is 1.30 bits per heavy atom. The number of methoxy groups -OCH3 is 1. The fraction of sp³-hybridized carbons (Fsp3) is 0.625. The zero-order valence-corrected chi connectivity index (χ0v) is 12.1. The van der Waals surface area contributed by atoms with Gasteiger partial charge in [0.15, 0.2) is 11.6 Å². The predicted molar refractivity (Wildman–Crippen MR) is 75.3 cm³/mol. The van der Waals surface area contributed by atoms with Crippen LogP contribution in [0.15, 0.2) is 18.2 Å². The number of rotatable bonds is 2. The van der Waals surface area contributed by atoms with Crippen LogP contribution in [-0.2, 0) is 5.60 Å². The lowest BCUT2D eigenvalue weighted by Crippen LogP contribution is -2.55. The highest BCUT2D eigenvalue weighted by Gasteiger charge is 2.45. The quantitative estimate of drug-likeness (QED) is 0.903. The van der Waals surface area contributed by atoms with Gasteiger partial charge in [-0.3, -0.25) is 0 Å². The number of halogens is 1. The third-order valence-electron chi connectivity index (χ3n) is 5.06. The Hall–Kier alpha value is -1.13. The first-order valence-corrected chi connectivity index (χ1v) is 7.32. The van der Waals surface area contributed by atoms with Crippen LogP contribution in [0.1, 0.15) is 37.7 Å². The second kappa shape index (κ2) is 5.01. The molecule has 2 fully saturated rings. The van der Waals surface area contributed by atoms with Gasteiger partial charge in [-0.25, -0.2) is 4.39 Å². The smallest absolute Gasteiger partial charge is 0.165 e. The number of hydrogen-bond acceptors (Lipinski definition) is 3. The normalized spacial score (nSPS) is 34.0. The van der Waals surface area contributed by atoms with E-state index in [4.69, 9.17) is 4.74 Å². The average Bonchev–Trinajstić information content (AvgIpc) is 2.41. The molecule has 0 amide bonds. The van der Waals surface area contributed by atoms with Crippen LogP contribution in [0.25, 0.3) is 0 Å². The van der Waals surface area contributed by atoms with Crippen molar-refractivity contribution in [1.82, 2.24) is 4.90 Å². The standard InChI is InChI=1S/C16H22FNO2/c1-18-12-4-3-5-13(18)10-16(19,9-12)11-6-7-15(20-2)14(17)8-11/h6-8,12-13,19H,3-5,9-10H2,1-2H3. The molecule has 0 radical (unpaired) electrons. The van der Waals surface area contributed by atoms with E-state index in [-0.39, 0.29) is 5.75 Å². The molecule has 3 rings (SSSR count). The van der Waals surface area contributed by atoms with E-state index in [9.17, 15) is 9.50 Å². The molecule has 3 nitrogen and oxygen atoms in total. The van der Waals surface area contributed by atoms with Crippen molar-refractivity contribution >= 4 is 0 Å². The van der Waals surface area contributed by atoms with Crippen LogP contribution in [0, 0.1) is 5.82 Å². The van der Waals surface area contributed by atoms with Crippen molar-refractivity contribution in [3.05, 3.63) is 29.6 Å². The Morgan fingerprint density at radius 3 is 2.50 bits per heavy atom. The van der Waals surface area contributed by atoms with E-state index >= 15 is 0 Å². The molecule has 2 unspecified atom stereocenters. The molecule has 2 saturated heterocycles. The summed E-state index contributed by atoms with van der Waals surface area (Å²) in [5.41, 5.74) is -0.226. The number of fused-ring (bicyclic) bond motifs is 2. The molecule has 0 aliphatic carbocycles. The molecule has 20 heavy (non-hydrogen) atoms. The summed E-state index contributed by atoms with van der Waals surface area (Å²) in [6.45, 7) is 0. The molecule has 0 spiro atoms. The highest BCUT2D eigenvalue weighted by molar-refractivity contribution is 5.33. The van der Waals surface area contributed by atoms with Gasteiger partial charge >= 0.3 is 0 Å². The molecule has 2 atom stereocenters. The molecular formula is C16H22FNO2. The molecule has 110 valence electrons. The largest absolute Gasteiger partial charge is 0.494 e. The Labute approximate surface area is 119 Å². The highest BCUT2D eigenvalue weighted by atomic mass is 19.1. The van der Waals surface area contributed by atoms with E-state index in [1.165, 1.54) is 19.6 Å². The van der Waals surface area contributed by atoms with Gasteiger partial charge in [0.25, 0.3) is 0 Å². The van der Waals surface area contributed by atoms with Gasteiger partial charge in [-0.05, 0) is 50.4 Å². The number of ether oxygens (including phenoxy) is 1. The van der Waals surface area contributed by atoms with Crippen LogP contribution >= 0.6 is 0 Å². The maximum Gasteiger partial charge on any atom is 0.165 e. The maximum absolute atomic E-state index is 13.9. The molecule has 2 heterocycles. The van der Waals surface area contributed by atoms with Crippen LogP contribution in [-0.4, -0.2) is 36.2 Å². The minimum absolute atomic E-state index is 0.227. The summed E-state index contributed by atoms with van der Waals surface area (Å²) in [6, 6.07) is 5.63. The van der Waals surface area contributed by atoms with Crippen LogP contribution in [0.2, 0.25) is 0 Å². The molecule has 0 aromatic heterocycles. The van der Waals surface area contributed by atoms with Gasteiger partial charge in [-0.2, -0.15) is 0 Å². The first-order valence-electron chi connectivity index (χ1n) is 7.32. The second-order valence-corrected chi connectivity index (χ2v) is 6.19. The summed E-state index contributed by atoms with van der Waals surface area (Å²) in [7, 11) is 3.59. The second-order valence-electron chi connectivity index (χ2n) is 6.19. The molecule has 1 N–H and O–H groups in total. The SMILES string of the molecule is COc1ccc(C2(O)CC3CCCC(C2)N3C)cc1F. The maximum atomic E-state index is 13.9. The number of benzene rings is 1. The van der Waals surface area contributed by atoms with Crippen molar-refractivity contribution in [2.45, 2.75) is 49.8 Å². The number of hydrogen-bond donors (Lipinski definition) is 1. The number of nitrogens with zero attached hydrogens (tertiary/aromatic N) is 1. The van der Waals surface area contributed by atoms with Crippen molar-refractivity contribution < 1.29 is 14.2 Å². The Balaban J connectivity index is 1.91. The Kier molecular flexibility index (Phi) is 3.46. The minimum atomic E-state index is -0.907. The average molecular weight is 279 g/mol. The first-order chi connectivity index (χ1) is 9.53. The monoisotopic (exact) mass is 279 g/mol. The van der Waals surface area contributed by atoms with E-state index < -0.39 is 11.4 Å². The first kappa shape index (κ1) is 13.8. The van der Waals surface area contributed by atoms with Gasteiger partial charge in [0.05, 0.1) is 12.7 Å². The molecule has 4 heteroatoms. The van der Waals surface area contributed by atoms with E-state index in [2.05, 4.69) is 11.9 Å². The molecule has 2 aliphatic rings. The highest BCUT2D eigenvalue weighted by Crippen LogP contribution is 2.44. The topological polar surface area (TPSA) is 32.7 Å². The Morgan fingerprint density at radius 2 is 1.95 bits per heavy atom. The zero-order valence-electron chi connectivity index (χ0n) is 12.1. The summed E-state index contributed by atoms with van der Waals surface area (Å²) in [4.78, 5) is 2.39. The molecule has 1 aromatic carbocycles. The number of aliphatic hydroxyl groups is 1. The molecule has 2 aliphatic heterocycles. The molecule has 1 aromatic rings. The minimum Gasteiger partial charge on any atom is -0.494 e. The van der Waals surface area contributed by atoms with Gasteiger partial charge in [0.2, 0.25) is 0 Å². The van der Waals surface area contributed by atoms with E-state index in [1.54, 1.807) is 12.1 Å². The number of piperidine rings is 2. The van der Waals surface area contributed by atoms with Gasteiger partial charge in [0.1, 0.15) is 0 Å². The molecule has 0 saturated carbocycles. The van der Waals surface area contributed by atoms with Crippen molar-refractivity contribution in [2.24, 2.45) is 0 Å². The van der Waals surface area contributed by atoms with Crippen molar-refractivity contribution in [1.29, 1.82) is 0 Å². The van der Waals surface area contributed by atoms with Crippen molar-refractivity contribution in [3.63, 3.8) is 0 Å². The van der Waals surface area contributed by atoms with E-state index in [0.29, 0.717) is 30.5 Å². The molecule has 2 bridgehead atoms. The van der Waals surface area contributed by atoms with Crippen LogP contribution in [0.5, 0.6) is 5.75 Å². The van der Waals surface area contributed by atoms with E-state index in [1.807, 2.05) is 0 Å². The van der Waals surface area contributed by atoms with Crippen LogP contribution in [0.4, 0.5) is 4.39 Å². The fourth-order valence-electron chi connectivity index (χ4n) is 3.84. The summed E-state index contributed by atoms with van der Waals surface area (Å²) >= 11 is 0. The van der Waals surface area contributed by atoms with Crippen molar-refractivity contribution in [2.75, 3.05) is 14.2 Å². The summed E-state index contributed by atoms with van der Waals surface area (Å²) in [6.07, 6.45) is 4.84. The third kappa shape index (κ3) is 2.21. The van der Waals surface area contributed by atoms with Gasteiger partial charge in [-0.1, -0.05) is 12.5 Å². The lowest BCUT2D eigenvalue weighted by atomic mass is 9.73. The van der Waals surface area contributed by atoms with Crippen LogP contribution < -0.4 is 4.74 Å². The fourth-order valence-corrected chi connectivity index (χ4v) is 3.84. The van der Waals surface area contributed by atoms with Crippen molar-refractivity contribution in [3.8, 4) is 5.75 Å². The molecular weight excluding hydrogens is 257 g/mol. The third-order valence-corrected chi connectivity index (χ3v) is 5.06. The summed E-state index contributed by atoms with van der Waals surface area (Å²) in [5.74, 6) is -0.173.